The Bertz CT molecular complexity index is 398. The van der Waals surface area contributed by atoms with Gasteiger partial charge in [0.1, 0.15) is 0 Å². The highest BCUT2D eigenvalue weighted by Gasteiger charge is 2.12. The van der Waals surface area contributed by atoms with Crippen LogP contribution in [0.4, 0.5) is 4.39 Å². The summed E-state index contributed by atoms with van der Waals surface area (Å²) in [5.41, 5.74) is 6.67. The van der Waals surface area contributed by atoms with Crippen LogP contribution in [-0.2, 0) is 6.42 Å². The monoisotopic (exact) mass is 235 g/mol. The van der Waals surface area contributed by atoms with Crippen LogP contribution in [0, 0.1) is 18.2 Å². The fraction of sp³-hybridized carbons (Fsp3) is 0.429. The summed E-state index contributed by atoms with van der Waals surface area (Å²) in [4.78, 5) is 0. The van der Waals surface area contributed by atoms with Crippen LogP contribution in [0.15, 0.2) is 18.2 Å². The predicted molar refractivity (Wildman–Crippen MR) is 67.3 cm³/mol. The van der Waals surface area contributed by atoms with Crippen molar-refractivity contribution in [3.8, 4) is 18.1 Å². The second kappa shape index (κ2) is 6.93. The largest absolute Gasteiger partial charge is 0.489 e. The van der Waals surface area contributed by atoms with Crippen molar-refractivity contribution in [2.45, 2.75) is 32.2 Å². The Morgan fingerprint density at radius 1 is 1.53 bits per heavy atom. The Kier molecular flexibility index (Phi) is 5.51. The van der Waals surface area contributed by atoms with Crippen molar-refractivity contribution in [2.75, 3.05) is 6.61 Å². The van der Waals surface area contributed by atoms with Crippen molar-refractivity contribution in [3.63, 3.8) is 0 Å². The molecule has 0 aromatic heterocycles. The number of nitrogens with two attached hydrogens (primary N) is 1. The van der Waals surface area contributed by atoms with Crippen LogP contribution >= 0.6 is 0 Å². The average molecular weight is 235 g/mol. The lowest BCUT2D eigenvalue weighted by molar-refractivity contribution is 0.305. The summed E-state index contributed by atoms with van der Waals surface area (Å²) >= 11 is 0. The van der Waals surface area contributed by atoms with E-state index in [4.69, 9.17) is 16.9 Å². The van der Waals surface area contributed by atoms with Gasteiger partial charge in [-0.2, -0.15) is 0 Å². The van der Waals surface area contributed by atoms with Crippen LogP contribution in [0.1, 0.15) is 25.3 Å². The zero-order valence-corrected chi connectivity index (χ0v) is 10.1. The van der Waals surface area contributed by atoms with Crippen molar-refractivity contribution >= 4 is 0 Å². The second-order valence-electron chi connectivity index (χ2n) is 3.90. The third-order valence-electron chi connectivity index (χ3n) is 2.55. The molecular formula is C14H18FNO. The van der Waals surface area contributed by atoms with E-state index in [-0.39, 0.29) is 17.6 Å². The van der Waals surface area contributed by atoms with E-state index in [0.29, 0.717) is 19.4 Å². The molecular weight excluding hydrogens is 217 g/mol. The number of hydrogen-bond donors (Lipinski definition) is 1. The fourth-order valence-corrected chi connectivity index (χ4v) is 1.51. The summed E-state index contributed by atoms with van der Waals surface area (Å²) in [6.07, 6.45) is 7.05. The van der Waals surface area contributed by atoms with Gasteiger partial charge in [-0.1, -0.05) is 19.1 Å². The molecule has 0 aliphatic rings. The number of benzene rings is 1. The van der Waals surface area contributed by atoms with Gasteiger partial charge in [-0.15, -0.1) is 12.3 Å². The van der Waals surface area contributed by atoms with E-state index in [2.05, 4.69) is 5.92 Å². The van der Waals surface area contributed by atoms with E-state index in [1.54, 1.807) is 6.07 Å². The van der Waals surface area contributed by atoms with Gasteiger partial charge >= 0.3 is 0 Å². The Morgan fingerprint density at radius 2 is 2.29 bits per heavy atom. The van der Waals surface area contributed by atoms with E-state index >= 15 is 0 Å². The fourth-order valence-electron chi connectivity index (χ4n) is 1.51. The average Bonchev–Trinajstić information content (AvgIpc) is 2.32. The van der Waals surface area contributed by atoms with Crippen LogP contribution < -0.4 is 10.5 Å². The van der Waals surface area contributed by atoms with Crippen molar-refractivity contribution in [3.05, 3.63) is 29.6 Å². The first-order valence-electron chi connectivity index (χ1n) is 5.78. The van der Waals surface area contributed by atoms with Gasteiger partial charge in [0.25, 0.3) is 0 Å². The van der Waals surface area contributed by atoms with Crippen LogP contribution in [0.3, 0.4) is 0 Å². The minimum atomic E-state index is -0.358. The molecule has 2 nitrogen and oxygen atoms in total. The second-order valence-corrected chi connectivity index (χ2v) is 3.90. The topological polar surface area (TPSA) is 35.2 Å². The quantitative estimate of drug-likeness (QED) is 0.607. The molecule has 3 heteroatoms. The minimum absolute atomic E-state index is 0.0202. The maximum absolute atomic E-state index is 13.6. The summed E-state index contributed by atoms with van der Waals surface area (Å²) in [6.45, 7) is 2.33. The first kappa shape index (κ1) is 13.5. The van der Waals surface area contributed by atoms with Crippen LogP contribution in [0.25, 0.3) is 0 Å². The molecule has 0 aliphatic carbocycles. The predicted octanol–water partition coefficient (Wildman–Crippen LogP) is 2.51. The molecule has 0 radical (unpaired) electrons. The van der Waals surface area contributed by atoms with E-state index < -0.39 is 0 Å². The Morgan fingerprint density at radius 3 is 2.94 bits per heavy atom. The van der Waals surface area contributed by atoms with Gasteiger partial charge < -0.3 is 10.5 Å². The number of hydrogen-bond acceptors (Lipinski definition) is 2. The lowest BCUT2D eigenvalue weighted by atomic mass is 10.0. The molecule has 1 aromatic rings. The molecule has 0 saturated carbocycles. The van der Waals surface area contributed by atoms with E-state index in [1.165, 1.54) is 6.07 Å². The Balaban J connectivity index is 2.81. The molecule has 0 spiro atoms. The number of rotatable bonds is 6. The molecule has 2 N–H and O–H groups in total. The number of para-hydroxylation sites is 1. The van der Waals surface area contributed by atoms with Gasteiger partial charge in [-0.3, -0.25) is 0 Å². The molecule has 17 heavy (non-hydrogen) atoms. The molecule has 1 aromatic carbocycles. The van der Waals surface area contributed by atoms with Crippen LogP contribution in [0.2, 0.25) is 0 Å². The molecule has 0 heterocycles. The van der Waals surface area contributed by atoms with Gasteiger partial charge in [-0.25, -0.2) is 4.39 Å². The molecule has 92 valence electrons. The highest BCUT2D eigenvalue weighted by atomic mass is 19.1. The number of terminal acetylenes is 1. The first-order chi connectivity index (χ1) is 8.19. The molecule has 0 amide bonds. The summed E-state index contributed by atoms with van der Waals surface area (Å²) in [5, 5.41) is 0. The van der Waals surface area contributed by atoms with Crippen molar-refractivity contribution in [1.82, 2.24) is 0 Å². The summed E-state index contributed by atoms with van der Waals surface area (Å²) in [6, 6.07) is 4.91. The van der Waals surface area contributed by atoms with E-state index in [1.807, 2.05) is 13.0 Å². The SMILES string of the molecule is C#CCCOc1c(F)cccc1CC(N)CC. The van der Waals surface area contributed by atoms with Gasteiger partial charge in [0.2, 0.25) is 0 Å². The van der Waals surface area contributed by atoms with Crippen LogP contribution in [0.5, 0.6) is 5.75 Å². The van der Waals surface area contributed by atoms with Gasteiger partial charge in [0, 0.05) is 12.5 Å². The third-order valence-corrected chi connectivity index (χ3v) is 2.55. The molecule has 0 fully saturated rings. The van der Waals surface area contributed by atoms with E-state index in [0.717, 1.165) is 12.0 Å². The summed E-state index contributed by atoms with van der Waals surface area (Å²) in [5.74, 6) is 2.38. The van der Waals surface area contributed by atoms with Gasteiger partial charge in [0.15, 0.2) is 11.6 Å². The first-order valence-corrected chi connectivity index (χ1v) is 5.78. The standard InChI is InChI=1S/C14H18FNO/c1-3-5-9-17-14-11(10-12(16)4-2)7-6-8-13(14)15/h1,6-8,12H,4-5,9-10,16H2,2H3. The third kappa shape index (κ3) is 4.08. The number of ether oxygens (including phenoxy) is 1. The molecule has 0 bridgehead atoms. The molecule has 0 saturated heterocycles. The normalized spacial score (nSPS) is 11.9. The zero-order valence-electron chi connectivity index (χ0n) is 10.1. The van der Waals surface area contributed by atoms with Crippen LogP contribution in [-0.4, -0.2) is 12.6 Å². The van der Waals surface area contributed by atoms with E-state index in [9.17, 15) is 4.39 Å². The smallest absolute Gasteiger partial charge is 0.165 e. The molecule has 1 atom stereocenters. The van der Waals surface area contributed by atoms with Crippen molar-refractivity contribution in [2.24, 2.45) is 5.73 Å². The highest BCUT2D eigenvalue weighted by molar-refractivity contribution is 5.35. The molecule has 0 aliphatic heterocycles. The summed E-state index contributed by atoms with van der Waals surface area (Å²) < 4.78 is 19.0. The van der Waals surface area contributed by atoms with Gasteiger partial charge in [0.05, 0.1) is 6.61 Å². The number of halogens is 1. The van der Waals surface area contributed by atoms with Gasteiger partial charge in [-0.05, 0) is 24.5 Å². The minimum Gasteiger partial charge on any atom is -0.489 e. The highest BCUT2D eigenvalue weighted by Crippen LogP contribution is 2.24. The van der Waals surface area contributed by atoms with Crippen molar-refractivity contribution in [1.29, 1.82) is 0 Å². The zero-order chi connectivity index (χ0) is 12.7. The lowest BCUT2D eigenvalue weighted by Gasteiger charge is -2.14. The Hall–Kier alpha value is -1.53. The lowest BCUT2D eigenvalue weighted by Crippen LogP contribution is -2.22. The molecule has 1 rings (SSSR count). The molecule has 1 unspecified atom stereocenters. The maximum atomic E-state index is 13.6. The Labute approximate surface area is 102 Å². The maximum Gasteiger partial charge on any atom is 0.165 e. The van der Waals surface area contributed by atoms with Crippen molar-refractivity contribution < 1.29 is 9.13 Å². The summed E-state index contributed by atoms with van der Waals surface area (Å²) in [7, 11) is 0.